The molecule has 7 heteroatoms. The number of fused-ring (bicyclic) bond motifs is 1. The van der Waals surface area contributed by atoms with Gasteiger partial charge in [-0.15, -0.1) is 0 Å². The molecule has 20 heavy (non-hydrogen) atoms. The molecular weight excluding hydrogens is 296 g/mol. The Hall–Kier alpha value is -0.920. The SMILES string of the molecule is CC(CCS(C)=O)NS(=O)(=O)c1ccc2c(c1)CCN2. The van der Waals surface area contributed by atoms with Gasteiger partial charge in [0.1, 0.15) is 0 Å². The van der Waals surface area contributed by atoms with Crippen LogP contribution in [0.1, 0.15) is 18.9 Å². The molecule has 1 aromatic rings. The van der Waals surface area contributed by atoms with E-state index in [-0.39, 0.29) is 6.04 Å². The Balaban J connectivity index is 2.08. The summed E-state index contributed by atoms with van der Waals surface area (Å²) in [5, 5.41) is 3.20. The molecule has 0 aliphatic carbocycles. The van der Waals surface area contributed by atoms with Crippen LogP contribution in [0, 0.1) is 0 Å². The highest BCUT2D eigenvalue weighted by Gasteiger charge is 2.20. The number of anilines is 1. The minimum absolute atomic E-state index is 0.227. The Morgan fingerprint density at radius 1 is 1.45 bits per heavy atom. The van der Waals surface area contributed by atoms with Crippen LogP contribution in [0.2, 0.25) is 0 Å². The van der Waals surface area contributed by atoms with Crippen LogP contribution in [0.4, 0.5) is 5.69 Å². The fourth-order valence-electron chi connectivity index (χ4n) is 2.18. The lowest BCUT2D eigenvalue weighted by Crippen LogP contribution is -2.33. The third-order valence-corrected chi connectivity index (χ3v) is 5.69. The Morgan fingerprint density at radius 3 is 2.90 bits per heavy atom. The van der Waals surface area contributed by atoms with Crippen LogP contribution in [0.5, 0.6) is 0 Å². The first-order valence-corrected chi connectivity index (χ1v) is 9.78. The van der Waals surface area contributed by atoms with Crippen LogP contribution in [-0.2, 0) is 27.2 Å². The van der Waals surface area contributed by atoms with Crippen molar-refractivity contribution >= 4 is 26.5 Å². The lowest BCUT2D eigenvalue weighted by molar-refractivity contribution is 0.555. The molecule has 0 amide bonds. The van der Waals surface area contributed by atoms with Gasteiger partial charge in [0.2, 0.25) is 10.0 Å². The van der Waals surface area contributed by atoms with E-state index < -0.39 is 20.8 Å². The zero-order valence-electron chi connectivity index (χ0n) is 11.7. The molecule has 0 radical (unpaired) electrons. The molecule has 1 aliphatic rings. The maximum Gasteiger partial charge on any atom is 0.240 e. The fraction of sp³-hybridized carbons (Fsp3) is 0.538. The van der Waals surface area contributed by atoms with E-state index in [4.69, 9.17) is 0 Å². The van der Waals surface area contributed by atoms with E-state index in [9.17, 15) is 12.6 Å². The van der Waals surface area contributed by atoms with Crippen molar-refractivity contribution in [2.24, 2.45) is 0 Å². The van der Waals surface area contributed by atoms with Crippen molar-refractivity contribution in [3.8, 4) is 0 Å². The molecule has 112 valence electrons. The van der Waals surface area contributed by atoms with Crippen LogP contribution < -0.4 is 10.0 Å². The molecule has 1 aromatic carbocycles. The molecule has 0 spiro atoms. The van der Waals surface area contributed by atoms with Gasteiger partial charge in [-0.2, -0.15) is 0 Å². The summed E-state index contributed by atoms with van der Waals surface area (Å²) >= 11 is 0. The number of rotatable bonds is 6. The zero-order valence-corrected chi connectivity index (χ0v) is 13.3. The van der Waals surface area contributed by atoms with Crippen LogP contribution in [-0.4, -0.2) is 37.2 Å². The standard InChI is InChI=1S/C13H20N2O3S2/c1-10(6-8-19(2)16)15-20(17,18)12-3-4-13-11(9-12)5-7-14-13/h3-4,9-10,14-15H,5-8H2,1-2H3. The number of nitrogens with one attached hydrogen (secondary N) is 2. The topological polar surface area (TPSA) is 75.3 Å². The van der Waals surface area contributed by atoms with E-state index in [1.165, 1.54) is 0 Å². The van der Waals surface area contributed by atoms with Crippen molar-refractivity contribution in [2.75, 3.05) is 23.9 Å². The molecule has 5 nitrogen and oxygen atoms in total. The second kappa shape index (κ2) is 6.24. The molecule has 0 saturated carbocycles. The number of hydrogen-bond donors (Lipinski definition) is 2. The smallest absolute Gasteiger partial charge is 0.240 e. The molecule has 2 atom stereocenters. The number of benzene rings is 1. The van der Waals surface area contributed by atoms with E-state index in [2.05, 4.69) is 10.0 Å². The minimum Gasteiger partial charge on any atom is -0.384 e. The molecule has 1 heterocycles. The van der Waals surface area contributed by atoms with Gasteiger partial charge in [-0.1, -0.05) is 0 Å². The Labute approximate surface area is 122 Å². The number of sulfonamides is 1. The minimum atomic E-state index is -3.51. The molecule has 0 bridgehead atoms. The fourth-order valence-corrected chi connectivity index (χ4v) is 4.20. The van der Waals surface area contributed by atoms with Gasteiger partial charge in [0, 0.05) is 41.1 Å². The van der Waals surface area contributed by atoms with Gasteiger partial charge in [-0.3, -0.25) is 4.21 Å². The van der Waals surface area contributed by atoms with Crippen molar-refractivity contribution in [1.82, 2.24) is 4.72 Å². The van der Waals surface area contributed by atoms with Crippen molar-refractivity contribution in [3.63, 3.8) is 0 Å². The van der Waals surface area contributed by atoms with E-state index in [0.29, 0.717) is 17.1 Å². The first-order chi connectivity index (χ1) is 9.38. The third kappa shape index (κ3) is 3.80. The zero-order chi connectivity index (χ0) is 14.8. The summed E-state index contributed by atoms with van der Waals surface area (Å²) in [5.74, 6) is 0.498. The van der Waals surface area contributed by atoms with Gasteiger partial charge in [0.05, 0.1) is 4.90 Å². The van der Waals surface area contributed by atoms with Crippen LogP contribution in [0.15, 0.2) is 23.1 Å². The molecule has 0 saturated heterocycles. The maximum atomic E-state index is 12.3. The summed E-state index contributed by atoms with van der Waals surface area (Å²) < 4.78 is 38.2. The van der Waals surface area contributed by atoms with E-state index in [1.54, 1.807) is 25.3 Å². The summed E-state index contributed by atoms with van der Waals surface area (Å²) in [6.07, 6.45) is 3.03. The normalized spacial score (nSPS) is 17.3. The average Bonchev–Trinajstić information content (AvgIpc) is 2.83. The summed E-state index contributed by atoms with van der Waals surface area (Å²) in [7, 11) is -4.41. The molecular formula is C13H20N2O3S2. The lowest BCUT2D eigenvalue weighted by Gasteiger charge is -2.14. The maximum absolute atomic E-state index is 12.3. The largest absolute Gasteiger partial charge is 0.384 e. The highest BCUT2D eigenvalue weighted by Crippen LogP contribution is 2.25. The van der Waals surface area contributed by atoms with Crippen molar-refractivity contribution in [1.29, 1.82) is 0 Å². The predicted molar refractivity (Wildman–Crippen MR) is 82.0 cm³/mol. The molecule has 0 fully saturated rings. The first kappa shape index (κ1) is 15.5. The molecule has 2 unspecified atom stereocenters. The highest BCUT2D eigenvalue weighted by atomic mass is 32.2. The van der Waals surface area contributed by atoms with Gasteiger partial charge in [0.25, 0.3) is 0 Å². The van der Waals surface area contributed by atoms with Gasteiger partial charge in [0.15, 0.2) is 0 Å². The summed E-state index contributed by atoms with van der Waals surface area (Å²) in [4.78, 5) is 0.296. The quantitative estimate of drug-likeness (QED) is 0.824. The van der Waals surface area contributed by atoms with Gasteiger partial charge >= 0.3 is 0 Å². The molecule has 0 aromatic heterocycles. The van der Waals surface area contributed by atoms with Gasteiger partial charge < -0.3 is 5.32 Å². The van der Waals surface area contributed by atoms with Crippen molar-refractivity contribution in [3.05, 3.63) is 23.8 Å². The predicted octanol–water partition coefficient (Wildman–Crippen LogP) is 1.09. The van der Waals surface area contributed by atoms with E-state index in [0.717, 1.165) is 24.2 Å². The summed E-state index contributed by atoms with van der Waals surface area (Å²) in [6.45, 7) is 2.64. The highest BCUT2D eigenvalue weighted by molar-refractivity contribution is 7.89. The number of hydrogen-bond acceptors (Lipinski definition) is 4. The van der Waals surface area contributed by atoms with Crippen LogP contribution >= 0.6 is 0 Å². The monoisotopic (exact) mass is 316 g/mol. The Bertz CT molecular complexity index is 614. The lowest BCUT2D eigenvalue weighted by atomic mass is 10.2. The average molecular weight is 316 g/mol. The first-order valence-electron chi connectivity index (χ1n) is 6.57. The van der Waals surface area contributed by atoms with Crippen molar-refractivity contribution < 1.29 is 12.6 Å². The Morgan fingerprint density at radius 2 is 2.20 bits per heavy atom. The second-order valence-electron chi connectivity index (χ2n) is 5.08. The summed E-state index contributed by atoms with van der Waals surface area (Å²) in [6, 6.07) is 4.92. The molecule has 2 N–H and O–H groups in total. The summed E-state index contributed by atoms with van der Waals surface area (Å²) in [5.41, 5.74) is 2.05. The van der Waals surface area contributed by atoms with Gasteiger partial charge in [-0.05, 0) is 43.5 Å². The van der Waals surface area contributed by atoms with Crippen LogP contribution in [0.25, 0.3) is 0 Å². The second-order valence-corrected chi connectivity index (χ2v) is 8.35. The van der Waals surface area contributed by atoms with Crippen molar-refractivity contribution in [2.45, 2.75) is 30.7 Å². The third-order valence-electron chi connectivity index (χ3n) is 3.29. The van der Waals surface area contributed by atoms with E-state index in [1.807, 2.05) is 6.07 Å². The van der Waals surface area contributed by atoms with E-state index >= 15 is 0 Å². The molecule has 2 rings (SSSR count). The molecule has 1 aliphatic heterocycles. The van der Waals surface area contributed by atoms with Gasteiger partial charge in [-0.25, -0.2) is 13.1 Å². The Kier molecular flexibility index (Phi) is 4.82. The van der Waals surface area contributed by atoms with Crippen LogP contribution in [0.3, 0.4) is 0 Å².